The van der Waals surface area contributed by atoms with Gasteiger partial charge in [-0.15, -0.1) is 0 Å². The Morgan fingerprint density at radius 1 is 1.35 bits per heavy atom. The molecule has 3 rings (SSSR count). The molecule has 1 atom stereocenters. The van der Waals surface area contributed by atoms with Crippen LogP contribution in [0.15, 0.2) is 29.0 Å². The van der Waals surface area contributed by atoms with E-state index in [1.165, 1.54) is 30.4 Å². The van der Waals surface area contributed by atoms with Gasteiger partial charge >= 0.3 is 0 Å². The lowest BCUT2D eigenvalue weighted by Gasteiger charge is -2.35. The fraction of sp³-hybridized carbons (Fsp3) is 0.500. The Morgan fingerprint density at radius 3 is 2.95 bits per heavy atom. The molecule has 4 heteroatoms. The van der Waals surface area contributed by atoms with Crippen LogP contribution in [-0.4, -0.2) is 21.6 Å². The third kappa shape index (κ3) is 2.61. The smallest absolute Gasteiger partial charge is 0.138 e. The van der Waals surface area contributed by atoms with Gasteiger partial charge in [-0.25, -0.2) is 0 Å². The third-order valence-corrected chi connectivity index (χ3v) is 4.23. The molecule has 20 heavy (non-hydrogen) atoms. The number of nitrogens with zero attached hydrogens (tertiary/aromatic N) is 3. The van der Waals surface area contributed by atoms with Crippen molar-refractivity contribution >= 4 is 0 Å². The molecule has 2 aromatic heterocycles. The molecular weight excluding hydrogens is 250 g/mol. The molecule has 1 saturated heterocycles. The van der Waals surface area contributed by atoms with E-state index >= 15 is 0 Å². The van der Waals surface area contributed by atoms with E-state index in [0.717, 1.165) is 24.5 Å². The minimum absolute atomic E-state index is 0.464. The van der Waals surface area contributed by atoms with Crippen LogP contribution < -0.4 is 0 Å². The molecule has 4 nitrogen and oxygen atoms in total. The molecule has 0 aromatic carbocycles. The fourth-order valence-corrected chi connectivity index (χ4v) is 3.06. The number of hydrogen-bond acceptors (Lipinski definition) is 4. The number of aryl methyl sites for hydroxylation is 2. The fourth-order valence-electron chi connectivity index (χ4n) is 3.06. The van der Waals surface area contributed by atoms with Crippen molar-refractivity contribution in [3.63, 3.8) is 0 Å². The summed E-state index contributed by atoms with van der Waals surface area (Å²) in [5.41, 5.74) is 3.57. The molecule has 0 unspecified atom stereocenters. The number of rotatable bonds is 3. The molecule has 1 aliphatic heterocycles. The summed E-state index contributed by atoms with van der Waals surface area (Å²) in [6.07, 6.45) is 7.59. The maximum Gasteiger partial charge on any atom is 0.138 e. The van der Waals surface area contributed by atoms with Gasteiger partial charge in [0, 0.05) is 30.5 Å². The predicted octanol–water partition coefficient (Wildman–Crippen LogP) is 3.41. The lowest BCUT2D eigenvalue weighted by molar-refractivity contribution is 0.139. The minimum Gasteiger partial charge on any atom is -0.361 e. The second-order valence-corrected chi connectivity index (χ2v) is 5.57. The zero-order valence-corrected chi connectivity index (χ0v) is 12.2. The molecule has 0 bridgehead atoms. The van der Waals surface area contributed by atoms with Gasteiger partial charge in [-0.1, -0.05) is 17.6 Å². The maximum atomic E-state index is 5.29. The first-order chi connectivity index (χ1) is 9.75. The van der Waals surface area contributed by atoms with Crippen molar-refractivity contribution < 1.29 is 4.52 Å². The number of likely N-dealkylation sites (tertiary alicyclic amines) is 1. The SMILES string of the molecule is Cc1noc(C)c1CN1CCCC[C@@H]1c1cccnc1. The first-order valence-corrected chi connectivity index (χ1v) is 7.31. The predicted molar refractivity (Wildman–Crippen MR) is 77.2 cm³/mol. The summed E-state index contributed by atoms with van der Waals surface area (Å²) in [5, 5.41) is 4.07. The maximum absolute atomic E-state index is 5.29. The van der Waals surface area contributed by atoms with Crippen molar-refractivity contribution in [2.75, 3.05) is 6.54 Å². The summed E-state index contributed by atoms with van der Waals surface area (Å²) in [7, 11) is 0. The van der Waals surface area contributed by atoms with Crippen molar-refractivity contribution in [3.8, 4) is 0 Å². The Morgan fingerprint density at radius 2 is 2.25 bits per heavy atom. The van der Waals surface area contributed by atoms with E-state index in [1.807, 2.05) is 32.3 Å². The van der Waals surface area contributed by atoms with E-state index in [0.29, 0.717) is 6.04 Å². The van der Waals surface area contributed by atoms with Gasteiger partial charge in [0.25, 0.3) is 0 Å². The van der Waals surface area contributed by atoms with Crippen LogP contribution in [0.2, 0.25) is 0 Å². The van der Waals surface area contributed by atoms with Crippen molar-refractivity contribution in [2.24, 2.45) is 0 Å². The molecule has 0 saturated carbocycles. The monoisotopic (exact) mass is 271 g/mol. The van der Waals surface area contributed by atoms with E-state index in [9.17, 15) is 0 Å². The molecule has 106 valence electrons. The van der Waals surface area contributed by atoms with Crippen LogP contribution in [0.5, 0.6) is 0 Å². The average molecular weight is 271 g/mol. The summed E-state index contributed by atoms with van der Waals surface area (Å²) >= 11 is 0. The van der Waals surface area contributed by atoms with E-state index < -0.39 is 0 Å². The minimum atomic E-state index is 0.464. The van der Waals surface area contributed by atoms with Crippen LogP contribution in [0.3, 0.4) is 0 Å². The summed E-state index contributed by atoms with van der Waals surface area (Å²) in [6.45, 7) is 6.07. The van der Waals surface area contributed by atoms with Crippen molar-refractivity contribution in [1.82, 2.24) is 15.0 Å². The molecular formula is C16H21N3O. The van der Waals surface area contributed by atoms with Gasteiger partial charge in [-0.2, -0.15) is 0 Å². The third-order valence-electron chi connectivity index (χ3n) is 4.23. The lowest BCUT2D eigenvalue weighted by Crippen LogP contribution is -2.33. The average Bonchev–Trinajstić information content (AvgIpc) is 2.81. The Bertz CT molecular complexity index is 545. The molecule has 2 aromatic rings. The lowest BCUT2D eigenvalue weighted by atomic mass is 9.95. The van der Waals surface area contributed by atoms with Crippen LogP contribution in [0.25, 0.3) is 0 Å². The summed E-state index contributed by atoms with van der Waals surface area (Å²) in [5.74, 6) is 0.943. The number of piperidine rings is 1. The highest BCUT2D eigenvalue weighted by Crippen LogP contribution is 2.32. The van der Waals surface area contributed by atoms with E-state index in [2.05, 4.69) is 21.1 Å². The highest BCUT2D eigenvalue weighted by molar-refractivity contribution is 5.22. The standard InChI is InChI=1S/C16H21N3O/c1-12-15(13(2)20-18-12)11-19-9-4-3-7-16(19)14-6-5-8-17-10-14/h5-6,8,10,16H,3-4,7,9,11H2,1-2H3/t16-/m1/s1. The van der Waals surface area contributed by atoms with Gasteiger partial charge in [0.05, 0.1) is 5.69 Å². The Balaban J connectivity index is 1.83. The van der Waals surface area contributed by atoms with Crippen molar-refractivity contribution in [3.05, 3.63) is 47.1 Å². The van der Waals surface area contributed by atoms with Crippen LogP contribution in [0.4, 0.5) is 0 Å². The van der Waals surface area contributed by atoms with Gasteiger partial charge in [0.1, 0.15) is 5.76 Å². The van der Waals surface area contributed by atoms with Crippen LogP contribution in [0, 0.1) is 13.8 Å². The van der Waals surface area contributed by atoms with E-state index in [1.54, 1.807) is 0 Å². The summed E-state index contributed by atoms with van der Waals surface area (Å²) in [6, 6.07) is 4.67. The largest absolute Gasteiger partial charge is 0.361 e. The van der Waals surface area contributed by atoms with Gasteiger partial charge in [0.2, 0.25) is 0 Å². The molecule has 1 aliphatic rings. The number of hydrogen-bond donors (Lipinski definition) is 0. The highest BCUT2D eigenvalue weighted by atomic mass is 16.5. The highest BCUT2D eigenvalue weighted by Gasteiger charge is 2.25. The summed E-state index contributed by atoms with van der Waals surface area (Å²) < 4.78 is 5.29. The Labute approximate surface area is 119 Å². The van der Waals surface area contributed by atoms with Gasteiger partial charge in [0.15, 0.2) is 0 Å². The van der Waals surface area contributed by atoms with Crippen LogP contribution in [-0.2, 0) is 6.54 Å². The van der Waals surface area contributed by atoms with Crippen LogP contribution in [0.1, 0.15) is 47.9 Å². The first-order valence-electron chi connectivity index (χ1n) is 7.31. The number of aromatic nitrogens is 2. The van der Waals surface area contributed by atoms with Gasteiger partial charge in [-0.3, -0.25) is 9.88 Å². The van der Waals surface area contributed by atoms with E-state index in [-0.39, 0.29) is 0 Å². The summed E-state index contributed by atoms with van der Waals surface area (Å²) in [4.78, 5) is 6.80. The normalized spacial score (nSPS) is 20.2. The topological polar surface area (TPSA) is 42.2 Å². The molecule has 0 spiro atoms. The second-order valence-electron chi connectivity index (χ2n) is 5.57. The molecule has 0 amide bonds. The van der Waals surface area contributed by atoms with Gasteiger partial charge < -0.3 is 4.52 Å². The van der Waals surface area contributed by atoms with Gasteiger partial charge in [-0.05, 0) is 44.9 Å². The quantitative estimate of drug-likeness (QED) is 0.858. The van der Waals surface area contributed by atoms with Crippen LogP contribution >= 0.6 is 0 Å². The molecule has 0 N–H and O–H groups in total. The zero-order valence-electron chi connectivity index (χ0n) is 12.2. The van der Waals surface area contributed by atoms with E-state index in [4.69, 9.17) is 4.52 Å². The second kappa shape index (κ2) is 5.75. The zero-order chi connectivity index (χ0) is 13.9. The molecule has 0 radical (unpaired) electrons. The van der Waals surface area contributed by atoms with Crippen molar-refractivity contribution in [2.45, 2.75) is 45.7 Å². The number of pyridine rings is 1. The molecule has 3 heterocycles. The first kappa shape index (κ1) is 13.3. The molecule has 0 aliphatic carbocycles. The Kier molecular flexibility index (Phi) is 3.83. The van der Waals surface area contributed by atoms with Crippen molar-refractivity contribution in [1.29, 1.82) is 0 Å². The molecule has 1 fully saturated rings. The Hall–Kier alpha value is -1.68.